The normalized spacial score (nSPS) is 30.4. The van der Waals surface area contributed by atoms with Crippen molar-refractivity contribution in [2.75, 3.05) is 13.1 Å². The van der Waals surface area contributed by atoms with Gasteiger partial charge in [0.25, 0.3) is 0 Å². The van der Waals surface area contributed by atoms with Crippen molar-refractivity contribution in [1.29, 1.82) is 0 Å². The number of aliphatic hydroxyl groups excluding tert-OH is 1. The molecule has 2 aliphatic rings. The first kappa shape index (κ1) is 11.4. The summed E-state index contributed by atoms with van der Waals surface area (Å²) < 4.78 is 0. The molecule has 0 radical (unpaired) electrons. The summed E-state index contributed by atoms with van der Waals surface area (Å²) >= 11 is 0. The number of amides is 2. The fourth-order valence-electron chi connectivity index (χ4n) is 2.47. The summed E-state index contributed by atoms with van der Waals surface area (Å²) in [5.74, 6) is -1.07. The predicted octanol–water partition coefficient (Wildman–Crippen LogP) is -0.600. The highest BCUT2D eigenvalue weighted by atomic mass is 16.3. The Morgan fingerprint density at radius 3 is 2.69 bits per heavy atom. The van der Waals surface area contributed by atoms with E-state index in [-0.39, 0.29) is 18.4 Å². The molecule has 2 atom stereocenters. The minimum atomic E-state index is -0.915. The number of carbonyl (C=O) groups is 2. The first-order valence-corrected chi connectivity index (χ1v) is 5.92. The molecule has 5 heteroatoms. The summed E-state index contributed by atoms with van der Waals surface area (Å²) in [6.07, 6.45) is 3.88. The summed E-state index contributed by atoms with van der Waals surface area (Å²) in [4.78, 5) is 23.0. The van der Waals surface area contributed by atoms with E-state index >= 15 is 0 Å². The summed E-state index contributed by atoms with van der Waals surface area (Å²) in [5, 5.41) is 14.7. The summed E-state index contributed by atoms with van der Waals surface area (Å²) in [5.41, 5.74) is 0. The van der Waals surface area contributed by atoms with Crippen LogP contribution in [0, 0.1) is 11.8 Å². The van der Waals surface area contributed by atoms with Gasteiger partial charge >= 0.3 is 0 Å². The first-order valence-electron chi connectivity index (χ1n) is 5.92. The van der Waals surface area contributed by atoms with Crippen LogP contribution < -0.4 is 10.6 Å². The third-order valence-corrected chi connectivity index (χ3v) is 3.47. The largest absolute Gasteiger partial charge is 0.390 e. The quantitative estimate of drug-likeness (QED) is 0.562. The van der Waals surface area contributed by atoms with Gasteiger partial charge in [-0.25, -0.2) is 0 Å². The maximum atomic E-state index is 11.7. The zero-order valence-corrected chi connectivity index (χ0v) is 9.24. The Bertz CT molecular complexity index is 287. The van der Waals surface area contributed by atoms with E-state index in [4.69, 9.17) is 0 Å². The minimum Gasteiger partial charge on any atom is -0.390 e. The van der Waals surface area contributed by atoms with Crippen molar-refractivity contribution in [2.45, 2.75) is 31.8 Å². The molecule has 2 unspecified atom stereocenters. The second-order valence-electron chi connectivity index (χ2n) is 4.69. The summed E-state index contributed by atoms with van der Waals surface area (Å²) in [6.45, 7) is 0.815. The zero-order chi connectivity index (χ0) is 11.5. The van der Waals surface area contributed by atoms with Crippen LogP contribution in [0.1, 0.15) is 25.7 Å². The standard InChI is InChI=1S/C11H18N2O3/c14-8-6-13-11(16)9(8)10(15)12-5-7-3-1-2-4-7/h7-9,14H,1-6H2,(H,12,15)(H,13,16). The molecule has 2 fully saturated rings. The van der Waals surface area contributed by atoms with Gasteiger partial charge in [0.05, 0.1) is 6.10 Å². The van der Waals surface area contributed by atoms with Crippen molar-refractivity contribution in [3.05, 3.63) is 0 Å². The lowest BCUT2D eigenvalue weighted by atomic mass is 10.0. The van der Waals surface area contributed by atoms with Gasteiger partial charge in [-0.15, -0.1) is 0 Å². The molecule has 1 saturated carbocycles. The molecular weight excluding hydrogens is 208 g/mol. The van der Waals surface area contributed by atoms with Gasteiger partial charge in [-0.3, -0.25) is 9.59 Å². The number of carbonyl (C=O) groups excluding carboxylic acids is 2. The Hall–Kier alpha value is -1.10. The molecule has 2 rings (SSSR count). The van der Waals surface area contributed by atoms with Gasteiger partial charge in [-0.05, 0) is 18.8 Å². The van der Waals surface area contributed by atoms with E-state index < -0.39 is 12.0 Å². The number of β-amino-alcohol motifs (C(OH)–C–C–N with tert-alkyl or cyclic N) is 1. The van der Waals surface area contributed by atoms with Gasteiger partial charge in [0.15, 0.2) is 0 Å². The van der Waals surface area contributed by atoms with Crippen LogP contribution in [0.2, 0.25) is 0 Å². The van der Waals surface area contributed by atoms with E-state index in [0.29, 0.717) is 12.5 Å². The molecule has 0 aromatic carbocycles. The molecule has 1 saturated heterocycles. The minimum absolute atomic E-state index is 0.181. The lowest BCUT2D eigenvalue weighted by Crippen LogP contribution is -2.41. The topological polar surface area (TPSA) is 78.4 Å². The van der Waals surface area contributed by atoms with E-state index in [1.165, 1.54) is 12.8 Å². The van der Waals surface area contributed by atoms with Crippen LogP contribution in [0.3, 0.4) is 0 Å². The zero-order valence-electron chi connectivity index (χ0n) is 9.24. The maximum absolute atomic E-state index is 11.7. The number of hydrogen-bond acceptors (Lipinski definition) is 3. The Kier molecular flexibility index (Phi) is 3.43. The molecule has 0 bridgehead atoms. The van der Waals surface area contributed by atoms with E-state index in [1.807, 2.05) is 0 Å². The van der Waals surface area contributed by atoms with Crippen molar-refractivity contribution in [1.82, 2.24) is 10.6 Å². The van der Waals surface area contributed by atoms with Crippen LogP contribution >= 0.6 is 0 Å². The van der Waals surface area contributed by atoms with Crippen LogP contribution in [0.5, 0.6) is 0 Å². The Labute approximate surface area is 94.6 Å². The lowest BCUT2D eigenvalue weighted by molar-refractivity contribution is -0.135. The number of rotatable bonds is 3. The van der Waals surface area contributed by atoms with Gasteiger partial charge in [-0.1, -0.05) is 12.8 Å². The number of nitrogens with one attached hydrogen (secondary N) is 2. The molecule has 3 N–H and O–H groups in total. The van der Waals surface area contributed by atoms with Crippen LogP contribution in [0.15, 0.2) is 0 Å². The predicted molar refractivity (Wildman–Crippen MR) is 57.5 cm³/mol. The fourth-order valence-corrected chi connectivity index (χ4v) is 2.47. The van der Waals surface area contributed by atoms with Gasteiger partial charge in [0.1, 0.15) is 5.92 Å². The molecule has 2 amide bonds. The SMILES string of the molecule is O=C(NCC1CCCC1)C1C(=O)NCC1O. The van der Waals surface area contributed by atoms with Crippen LogP contribution in [-0.2, 0) is 9.59 Å². The first-order chi connectivity index (χ1) is 7.68. The van der Waals surface area contributed by atoms with Crippen molar-refractivity contribution in [2.24, 2.45) is 11.8 Å². The highest BCUT2D eigenvalue weighted by molar-refractivity contribution is 6.02. The third-order valence-electron chi connectivity index (χ3n) is 3.47. The molecule has 0 aromatic rings. The summed E-state index contributed by atoms with van der Waals surface area (Å²) in [7, 11) is 0. The van der Waals surface area contributed by atoms with Crippen LogP contribution in [0.25, 0.3) is 0 Å². The molecule has 1 aliphatic carbocycles. The summed E-state index contributed by atoms with van der Waals surface area (Å²) in [6, 6.07) is 0. The van der Waals surface area contributed by atoms with E-state index in [1.54, 1.807) is 0 Å². The Balaban J connectivity index is 1.80. The molecular formula is C11H18N2O3. The smallest absolute Gasteiger partial charge is 0.235 e. The molecule has 0 spiro atoms. The number of hydrogen-bond donors (Lipinski definition) is 3. The van der Waals surface area contributed by atoms with Gasteiger partial charge in [0.2, 0.25) is 11.8 Å². The highest BCUT2D eigenvalue weighted by Gasteiger charge is 2.39. The monoisotopic (exact) mass is 226 g/mol. The Morgan fingerprint density at radius 1 is 1.44 bits per heavy atom. The molecule has 1 heterocycles. The van der Waals surface area contributed by atoms with Crippen LogP contribution in [-0.4, -0.2) is 36.1 Å². The number of aliphatic hydroxyl groups is 1. The van der Waals surface area contributed by atoms with Crippen molar-refractivity contribution in [3.63, 3.8) is 0 Å². The maximum Gasteiger partial charge on any atom is 0.235 e. The molecule has 1 aliphatic heterocycles. The molecule has 16 heavy (non-hydrogen) atoms. The molecule has 0 aromatic heterocycles. The van der Waals surface area contributed by atoms with Gasteiger partial charge < -0.3 is 15.7 Å². The Morgan fingerprint density at radius 2 is 2.12 bits per heavy atom. The van der Waals surface area contributed by atoms with Gasteiger partial charge in [0, 0.05) is 13.1 Å². The average molecular weight is 226 g/mol. The lowest BCUT2D eigenvalue weighted by Gasteiger charge is -2.14. The van der Waals surface area contributed by atoms with Gasteiger partial charge in [-0.2, -0.15) is 0 Å². The molecule has 90 valence electrons. The van der Waals surface area contributed by atoms with E-state index in [0.717, 1.165) is 12.8 Å². The average Bonchev–Trinajstić information content (AvgIpc) is 2.86. The second-order valence-corrected chi connectivity index (χ2v) is 4.69. The second kappa shape index (κ2) is 4.82. The van der Waals surface area contributed by atoms with Crippen molar-refractivity contribution in [3.8, 4) is 0 Å². The van der Waals surface area contributed by atoms with Crippen LogP contribution in [0.4, 0.5) is 0 Å². The van der Waals surface area contributed by atoms with E-state index in [9.17, 15) is 14.7 Å². The molecule has 5 nitrogen and oxygen atoms in total. The fraction of sp³-hybridized carbons (Fsp3) is 0.818. The van der Waals surface area contributed by atoms with Crippen molar-refractivity contribution < 1.29 is 14.7 Å². The highest BCUT2D eigenvalue weighted by Crippen LogP contribution is 2.23. The van der Waals surface area contributed by atoms with E-state index in [2.05, 4.69) is 10.6 Å². The third kappa shape index (κ3) is 2.35. The van der Waals surface area contributed by atoms with Crippen molar-refractivity contribution >= 4 is 11.8 Å².